The summed E-state index contributed by atoms with van der Waals surface area (Å²) >= 11 is 0. The summed E-state index contributed by atoms with van der Waals surface area (Å²) in [5.41, 5.74) is 1.08. The van der Waals surface area contributed by atoms with Gasteiger partial charge in [-0.3, -0.25) is 0 Å². The fourth-order valence-corrected chi connectivity index (χ4v) is 4.24. The van der Waals surface area contributed by atoms with Crippen molar-refractivity contribution in [3.05, 3.63) is 53.5 Å². The summed E-state index contributed by atoms with van der Waals surface area (Å²) in [5, 5.41) is 21.2. The van der Waals surface area contributed by atoms with Gasteiger partial charge < -0.3 is 10.2 Å². The standard InChI is InChI=1S/C20H31NO3S/c1-6-7-20(23)17(5)12-13-25(24,21-19(14-22)15(2)3)18-10-8-16(4)9-11-18/h6-13,15,17,19-20,22-23H,14H2,1-5H3/b7-6+,13-12+/t17-,19-,20+,25?/m1/s1. The Labute approximate surface area is 152 Å². The Hall–Kier alpha value is -1.43. The van der Waals surface area contributed by atoms with Crippen LogP contribution < -0.4 is 0 Å². The quantitative estimate of drug-likeness (QED) is 0.686. The summed E-state index contributed by atoms with van der Waals surface area (Å²) in [6.45, 7) is 9.42. The Morgan fingerprint density at radius 3 is 2.24 bits per heavy atom. The second-order valence-electron chi connectivity index (χ2n) is 6.69. The highest BCUT2D eigenvalue weighted by atomic mass is 32.2. The van der Waals surface area contributed by atoms with Crippen molar-refractivity contribution < 1.29 is 14.4 Å². The molecule has 1 aromatic carbocycles. The Morgan fingerprint density at radius 1 is 1.16 bits per heavy atom. The van der Waals surface area contributed by atoms with E-state index in [0.29, 0.717) is 4.90 Å². The molecule has 0 bridgehead atoms. The van der Waals surface area contributed by atoms with Crippen LogP contribution in [-0.4, -0.2) is 33.2 Å². The molecule has 0 saturated heterocycles. The topological polar surface area (TPSA) is 69.9 Å². The molecule has 25 heavy (non-hydrogen) atoms. The molecule has 4 nitrogen and oxygen atoms in total. The molecule has 0 aromatic heterocycles. The smallest absolute Gasteiger partial charge is 0.0969 e. The first kappa shape index (κ1) is 21.6. The van der Waals surface area contributed by atoms with Gasteiger partial charge in [-0.2, -0.15) is 0 Å². The largest absolute Gasteiger partial charge is 0.394 e. The molecule has 1 aromatic rings. The number of nitrogens with zero attached hydrogens (tertiary/aromatic N) is 1. The lowest BCUT2D eigenvalue weighted by molar-refractivity contribution is 0.185. The van der Waals surface area contributed by atoms with Crippen LogP contribution in [0.5, 0.6) is 0 Å². The second kappa shape index (κ2) is 9.90. The fraction of sp³-hybridized carbons (Fsp3) is 0.500. The van der Waals surface area contributed by atoms with Crippen molar-refractivity contribution in [3.63, 3.8) is 0 Å². The first-order chi connectivity index (χ1) is 11.7. The molecule has 0 aliphatic carbocycles. The third kappa shape index (κ3) is 6.42. The molecule has 0 heterocycles. The Morgan fingerprint density at radius 2 is 1.76 bits per heavy atom. The van der Waals surface area contributed by atoms with Gasteiger partial charge in [-0.15, -0.1) is 0 Å². The minimum Gasteiger partial charge on any atom is -0.394 e. The van der Waals surface area contributed by atoms with E-state index < -0.39 is 21.9 Å². The number of hydrogen-bond acceptors (Lipinski definition) is 4. The molecule has 0 saturated carbocycles. The summed E-state index contributed by atoms with van der Waals surface area (Å²) in [4.78, 5) is 0.612. The highest BCUT2D eigenvalue weighted by Gasteiger charge is 2.17. The van der Waals surface area contributed by atoms with Gasteiger partial charge >= 0.3 is 0 Å². The van der Waals surface area contributed by atoms with Crippen LogP contribution in [0.15, 0.2) is 57.2 Å². The van der Waals surface area contributed by atoms with E-state index in [4.69, 9.17) is 0 Å². The number of aryl methyl sites for hydroxylation is 1. The van der Waals surface area contributed by atoms with Crippen LogP contribution >= 0.6 is 0 Å². The van der Waals surface area contributed by atoms with Gasteiger partial charge in [0.1, 0.15) is 0 Å². The Bertz CT molecular complexity index is 698. The van der Waals surface area contributed by atoms with Crippen LogP contribution in [0.25, 0.3) is 0 Å². The molecule has 5 heteroatoms. The Kier molecular flexibility index (Phi) is 8.56. The zero-order valence-corrected chi connectivity index (χ0v) is 16.6. The third-order valence-corrected chi connectivity index (χ3v) is 6.16. The molecule has 0 aliphatic rings. The van der Waals surface area contributed by atoms with Crippen LogP contribution in [0.4, 0.5) is 0 Å². The first-order valence-corrected chi connectivity index (χ1v) is 10.2. The van der Waals surface area contributed by atoms with Gasteiger partial charge in [0.05, 0.1) is 33.4 Å². The van der Waals surface area contributed by atoms with Crippen molar-refractivity contribution in [1.29, 1.82) is 0 Å². The fourth-order valence-electron chi connectivity index (χ4n) is 2.19. The van der Waals surface area contributed by atoms with Crippen LogP contribution in [-0.2, 0) is 9.73 Å². The molecule has 2 N–H and O–H groups in total. The maximum atomic E-state index is 13.6. The van der Waals surface area contributed by atoms with Crippen molar-refractivity contribution in [1.82, 2.24) is 0 Å². The van der Waals surface area contributed by atoms with E-state index in [9.17, 15) is 14.4 Å². The molecule has 1 unspecified atom stereocenters. The maximum absolute atomic E-state index is 13.6. The molecule has 1 rings (SSSR count). The third-order valence-electron chi connectivity index (χ3n) is 4.10. The molecule has 0 spiro atoms. The van der Waals surface area contributed by atoms with Crippen LogP contribution in [0, 0.1) is 18.8 Å². The van der Waals surface area contributed by atoms with E-state index in [1.807, 2.05) is 58.9 Å². The lowest BCUT2D eigenvalue weighted by Crippen LogP contribution is -2.20. The van der Waals surface area contributed by atoms with Gasteiger partial charge in [0.15, 0.2) is 0 Å². The van der Waals surface area contributed by atoms with Gasteiger partial charge in [-0.05, 0) is 31.9 Å². The number of aliphatic hydroxyl groups is 2. The van der Waals surface area contributed by atoms with Gasteiger partial charge in [-0.25, -0.2) is 8.57 Å². The van der Waals surface area contributed by atoms with Gasteiger partial charge in [0.25, 0.3) is 0 Å². The van der Waals surface area contributed by atoms with Crippen LogP contribution in [0.2, 0.25) is 0 Å². The average molecular weight is 366 g/mol. The van der Waals surface area contributed by atoms with E-state index >= 15 is 0 Å². The number of allylic oxidation sites excluding steroid dienone is 1. The average Bonchev–Trinajstić information content (AvgIpc) is 2.58. The second-order valence-corrected chi connectivity index (χ2v) is 8.78. The van der Waals surface area contributed by atoms with Crippen molar-refractivity contribution >= 4 is 9.73 Å². The molecular formula is C20H31NO3S. The predicted molar refractivity (Wildman–Crippen MR) is 105 cm³/mol. The summed E-state index contributed by atoms with van der Waals surface area (Å²) in [6.07, 6.45) is 4.59. The maximum Gasteiger partial charge on any atom is 0.0969 e. The predicted octanol–water partition coefficient (Wildman–Crippen LogP) is 3.93. The number of hydrogen-bond donors (Lipinski definition) is 2. The van der Waals surface area contributed by atoms with E-state index in [2.05, 4.69) is 4.36 Å². The minimum absolute atomic E-state index is 0.0794. The normalized spacial score (nSPS) is 18.4. The van der Waals surface area contributed by atoms with E-state index in [-0.39, 0.29) is 18.4 Å². The van der Waals surface area contributed by atoms with Crippen molar-refractivity contribution in [2.24, 2.45) is 16.2 Å². The minimum atomic E-state index is -2.84. The van der Waals surface area contributed by atoms with Gasteiger partial charge in [-0.1, -0.05) is 56.7 Å². The molecule has 4 atom stereocenters. The Balaban J connectivity index is 3.35. The molecule has 140 valence electrons. The van der Waals surface area contributed by atoms with Gasteiger partial charge in [0, 0.05) is 11.3 Å². The monoisotopic (exact) mass is 365 g/mol. The number of rotatable bonds is 8. The van der Waals surface area contributed by atoms with Crippen LogP contribution in [0.3, 0.4) is 0 Å². The highest BCUT2D eigenvalue weighted by molar-refractivity contribution is 7.96. The molecular weight excluding hydrogens is 334 g/mol. The summed E-state index contributed by atoms with van der Waals surface area (Å²) in [7, 11) is -2.84. The van der Waals surface area contributed by atoms with Crippen LogP contribution in [0.1, 0.15) is 33.3 Å². The van der Waals surface area contributed by atoms with E-state index in [1.54, 1.807) is 23.6 Å². The molecule has 0 radical (unpaired) electrons. The van der Waals surface area contributed by atoms with Crippen molar-refractivity contribution in [2.45, 2.75) is 51.7 Å². The zero-order chi connectivity index (χ0) is 19.0. The van der Waals surface area contributed by atoms with Crippen molar-refractivity contribution in [3.8, 4) is 0 Å². The summed E-state index contributed by atoms with van der Waals surface area (Å²) in [6, 6.07) is 7.02. The zero-order valence-electron chi connectivity index (χ0n) is 15.8. The summed E-state index contributed by atoms with van der Waals surface area (Å²) < 4.78 is 18.1. The highest BCUT2D eigenvalue weighted by Crippen LogP contribution is 2.21. The molecule has 0 fully saturated rings. The molecule has 0 amide bonds. The number of aliphatic hydroxyl groups excluding tert-OH is 2. The SMILES string of the molecule is C/C=C/[C@H](O)[C@H](C)/C=C/S(=O)(=N[C@H](CO)C(C)C)c1ccc(C)cc1. The lowest BCUT2D eigenvalue weighted by Gasteiger charge is -2.17. The lowest BCUT2D eigenvalue weighted by atomic mass is 10.1. The molecule has 0 aliphatic heterocycles. The summed E-state index contributed by atoms with van der Waals surface area (Å²) in [5.74, 6) is -0.111. The number of benzene rings is 1. The first-order valence-electron chi connectivity index (χ1n) is 8.66. The van der Waals surface area contributed by atoms with E-state index in [1.165, 1.54) is 0 Å². The van der Waals surface area contributed by atoms with Crippen molar-refractivity contribution in [2.75, 3.05) is 6.61 Å². The van der Waals surface area contributed by atoms with E-state index in [0.717, 1.165) is 5.56 Å². The van der Waals surface area contributed by atoms with Gasteiger partial charge in [0.2, 0.25) is 0 Å².